The van der Waals surface area contributed by atoms with Crippen LogP contribution in [0.3, 0.4) is 0 Å². The molecule has 0 saturated carbocycles. The Kier molecular flexibility index (Phi) is 6.47. The van der Waals surface area contributed by atoms with E-state index in [1.165, 1.54) is 10.6 Å². The molecule has 1 fully saturated rings. The SMILES string of the molecule is CN=C(NCc1ccnc(OC)c1)N1CCN(S(=O)(=O)Cc2ccon2)CC1. The second-order valence-corrected chi connectivity index (χ2v) is 8.21. The Labute approximate surface area is 164 Å². The van der Waals surface area contributed by atoms with Gasteiger partial charge in [-0.25, -0.2) is 13.4 Å². The zero-order chi connectivity index (χ0) is 20.0. The molecule has 0 aliphatic carbocycles. The third-order valence-electron chi connectivity index (χ3n) is 4.42. The Morgan fingerprint density at radius 3 is 2.75 bits per heavy atom. The molecular formula is C17H24N6O4S. The number of piperazine rings is 1. The summed E-state index contributed by atoms with van der Waals surface area (Å²) in [5.41, 5.74) is 1.43. The number of hydrogen-bond donors (Lipinski definition) is 1. The quantitative estimate of drug-likeness (QED) is 0.536. The van der Waals surface area contributed by atoms with Gasteiger partial charge in [-0.15, -0.1) is 0 Å². The summed E-state index contributed by atoms with van der Waals surface area (Å²) in [5, 5.41) is 6.98. The highest BCUT2D eigenvalue weighted by atomic mass is 32.2. The number of hydrogen-bond acceptors (Lipinski definition) is 7. The maximum Gasteiger partial charge on any atom is 0.220 e. The van der Waals surface area contributed by atoms with Gasteiger partial charge >= 0.3 is 0 Å². The lowest BCUT2D eigenvalue weighted by atomic mass is 10.2. The molecule has 2 aromatic rings. The molecule has 0 unspecified atom stereocenters. The third kappa shape index (κ3) is 4.98. The van der Waals surface area contributed by atoms with Crippen LogP contribution >= 0.6 is 0 Å². The molecule has 0 amide bonds. The van der Waals surface area contributed by atoms with E-state index in [1.54, 1.807) is 26.4 Å². The molecule has 1 saturated heterocycles. The average molecular weight is 408 g/mol. The number of rotatable bonds is 6. The average Bonchev–Trinajstić information content (AvgIpc) is 3.21. The van der Waals surface area contributed by atoms with E-state index < -0.39 is 10.0 Å². The molecule has 28 heavy (non-hydrogen) atoms. The minimum Gasteiger partial charge on any atom is -0.481 e. The van der Waals surface area contributed by atoms with Gasteiger partial charge in [-0.3, -0.25) is 4.99 Å². The fraction of sp³-hybridized carbons (Fsp3) is 0.471. The third-order valence-corrected chi connectivity index (χ3v) is 6.24. The van der Waals surface area contributed by atoms with Gasteiger partial charge in [0.15, 0.2) is 5.96 Å². The predicted molar refractivity (Wildman–Crippen MR) is 103 cm³/mol. The second-order valence-electron chi connectivity index (χ2n) is 6.24. The van der Waals surface area contributed by atoms with Gasteiger partial charge in [0, 0.05) is 58.1 Å². The summed E-state index contributed by atoms with van der Waals surface area (Å²) in [4.78, 5) is 10.4. The molecule has 0 bridgehead atoms. The normalized spacial score (nSPS) is 16.2. The molecule has 0 spiro atoms. The van der Waals surface area contributed by atoms with E-state index in [4.69, 9.17) is 9.26 Å². The van der Waals surface area contributed by atoms with Crippen LogP contribution in [-0.2, 0) is 22.3 Å². The minimum absolute atomic E-state index is 0.152. The van der Waals surface area contributed by atoms with Crippen molar-refractivity contribution in [2.24, 2.45) is 4.99 Å². The zero-order valence-electron chi connectivity index (χ0n) is 15.9. The molecule has 152 valence electrons. The number of nitrogens with zero attached hydrogens (tertiary/aromatic N) is 5. The Hall–Kier alpha value is -2.66. The van der Waals surface area contributed by atoms with Gasteiger partial charge in [0.1, 0.15) is 12.0 Å². The Bertz CT molecular complexity index is 892. The zero-order valence-corrected chi connectivity index (χ0v) is 16.7. The first kappa shape index (κ1) is 20.1. The molecule has 0 radical (unpaired) electrons. The van der Waals surface area contributed by atoms with E-state index in [2.05, 4.69) is 20.4 Å². The van der Waals surface area contributed by atoms with Crippen LogP contribution < -0.4 is 10.1 Å². The van der Waals surface area contributed by atoms with Gasteiger partial charge in [-0.05, 0) is 11.6 Å². The van der Waals surface area contributed by atoms with E-state index in [9.17, 15) is 8.42 Å². The van der Waals surface area contributed by atoms with Crippen molar-refractivity contribution in [2.45, 2.75) is 12.3 Å². The second kappa shape index (κ2) is 9.02. The molecule has 3 heterocycles. The minimum atomic E-state index is -3.42. The van der Waals surface area contributed by atoms with Crippen LogP contribution in [0.15, 0.2) is 40.2 Å². The van der Waals surface area contributed by atoms with Crippen molar-refractivity contribution < 1.29 is 17.7 Å². The van der Waals surface area contributed by atoms with Crippen LogP contribution in [0.5, 0.6) is 5.88 Å². The van der Waals surface area contributed by atoms with Crippen LogP contribution in [0.1, 0.15) is 11.3 Å². The largest absolute Gasteiger partial charge is 0.481 e. The topological polar surface area (TPSA) is 113 Å². The van der Waals surface area contributed by atoms with Crippen LogP contribution in [0.25, 0.3) is 0 Å². The van der Waals surface area contributed by atoms with Crippen molar-refractivity contribution in [1.29, 1.82) is 0 Å². The first-order valence-electron chi connectivity index (χ1n) is 8.83. The van der Waals surface area contributed by atoms with Crippen molar-refractivity contribution in [3.63, 3.8) is 0 Å². The number of ether oxygens (including phenoxy) is 1. The van der Waals surface area contributed by atoms with E-state index in [1.807, 2.05) is 17.0 Å². The van der Waals surface area contributed by atoms with Gasteiger partial charge in [-0.2, -0.15) is 4.31 Å². The van der Waals surface area contributed by atoms with Crippen molar-refractivity contribution in [3.05, 3.63) is 41.9 Å². The van der Waals surface area contributed by atoms with Crippen LogP contribution in [0.4, 0.5) is 0 Å². The van der Waals surface area contributed by atoms with Gasteiger partial charge in [0.05, 0.1) is 12.8 Å². The molecule has 0 aromatic carbocycles. The number of pyridine rings is 1. The number of sulfonamides is 1. The summed E-state index contributed by atoms with van der Waals surface area (Å²) >= 11 is 0. The summed E-state index contributed by atoms with van der Waals surface area (Å²) in [7, 11) is -0.133. The highest BCUT2D eigenvalue weighted by Gasteiger charge is 2.28. The Morgan fingerprint density at radius 1 is 1.32 bits per heavy atom. The molecule has 1 aliphatic heterocycles. The maximum atomic E-state index is 12.5. The molecule has 11 heteroatoms. The summed E-state index contributed by atoms with van der Waals surface area (Å²) in [6.07, 6.45) is 3.06. The Balaban J connectivity index is 1.53. The molecule has 2 aromatic heterocycles. The van der Waals surface area contributed by atoms with Crippen LogP contribution in [-0.4, -0.2) is 74.1 Å². The first-order valence-corrected chi connectivity index (χ1v) is 10.4. The van der Waals surface area contributed by atoms with Crippen molar-refractivity contribution in [2.75, 3.05) is 40.3 Å². The van der Waals surface area contributed by atoms with Crippen molar-refractivity contribution >= 4 is 16.0 Å². The smallest absolute Gasteiger partial charge is 0.220 e. The lowest BCUT2D eigenvalue weighted by molar-refractivity contribution is 0.259. The van der Waals surface area contributed by atoms with Crippen LogP contribution in [0, 0.1) is 0 Å². The maximum absolute atomic E-state index is 12.5. The number of aromatic nitrogens is 2. The molecule has 1 aliphatic rings. The van der Waals surface area contributed by atoms with E-state index in [-0.39, 0.29) is 5.75 Å². The molecule has 1 N–H and O–H groups in total. The number of aliphatic imine (C=N–C) groups is 1. The summed E-state index contributed by atoms with van der Waals surface area (Å²) < 4.78 is 36.4. The monoisotopic (exact) mass is 408 g/mol. The van der Waals surface area contributed by atoms with Crippen LogP contribution in [0.2, 0.25) is 0 Å². The van der Waals surface area contributed by atoms with Gasteiger partial charge in [-0.1, -0.05) is 5.16 Å². The number of guanidine groups is 1. The van der Waals surface area contributed by atoms with E-state index >= 15 is 0 Å². The van der Waals surface area contributed by atoms with Gasteiger partial charge in [0.25, 0.3) is 0 Å². The summed E-state index contributed by atoms with van der Waals surface area (Å²) in [6, 6.07) is 5.32. The number of methoxy groups -OCH3 is 1. The highest BCUT2D eigenvalue weighted by Crippen LogP contribution is 2.13. The lowest BCUT2D eigenvalue weighted by Gasteiger charge is -2.35. The molecule has 0 atom stereocenters. The van der Waals surface area contributed by atoms with Crippen molar-refractivity contribution in [3.8, 4) is 5.88 Å². The van der Waals surface area contributed by atoms with Crippen molar-refractivity contribution in [1.82, 2.24) is 24.7 Å². The fourth-order valence-corrected chi connectivity index (χ4v) is 4.38. The summed E-state index contributed by atoms with van der Waals surface area (Å²) in [6.45, 7) is 2.46. The highest BCUT2D eigenvalue weighted by molar-refractivity contribution is 7.88. The first-order chi connectivity index (χ1) is 13.5. The standard InChI is InChI=1S/C17H24N6O4S/c1-18-17(20-12-14-3-5-19-16(11-14)26-2)22-6-8-23(9-7-22)28(24,25)13-15-4-10-27-21-15/h3-5,10-11H,6-9,12-13H2,1-2H3,(H,18,20). The van der Waals surface area contributed by atoms with Gasteiger partial charge in [0.2, 0.25) is 15.9 Å². The lowest BCUT2D eigenvalue weighted by Crippen LogP contribution is -2.53. The predicted octanol–water partition coefficient (Wildman–Crippen LogP) is 0.301. The molecule has 3 rings (SSSR count). The summed E-state index contributed by atoms with van der Waals surface area (Å²) in [5.74, 6) is 1.13. The Morgan fingerprint density at radius 2 is 2.11 bits per heavy atom. The van der Waals surface area contributed by atoms with E-state index in [0.29, 0.717) is 44.3 Å². The fourth-order valence-electron chi connectivity index (χ4n) is 2.95. The molecular weight excluding hydrogens is 384 g/mol. The number of nitrogens with one attached hydrogen (secondary N) is 1. The van der Waals surface area contributed by atoms with Gasteiger partial charge < -0.3 is 19.5 Å². The molecule has 10 nitrogen and oxygen atoms in total. The van der Waals surface area contributed by atoms with E-state index in [0.717, 1.165) is 11.5 Å².